The summed E-state index contributed by atoms with van der Waals surface area (Å²) in [5.41, 5.74) is 1.11. The second kappa shape index (κ2) is 4.64. The van der Waals surface area contributed by atoms with E-state index in [1.807, 2.05) is 20.8 Å². The van der Waals surface area contributed by atoms with Crippen LogP contribution in [0.5, 0.6) is 0 Å². The van der Waals surface area contributed by atoms with E-state index in [9.17, 15) is 9.59 Å². The van der Waals surface area contributed by atoms with Crippen LogP contribution in [0.2, 0.25) is 0 Å². The van der Waals surface area contributed by atoms with Crippen LogP contribution in [-0.4, -0.2) is 11.7 Å². The average molecular weight is 221 g/mol. The monoisotopic (exact) mass is 221 g/mol. The second-order valence-corrected chi connectivity index (χ2v) is 4.88. The van der Waals surface area contributed by atoms with E-state index in [0.29, 0.717) is 24.1 Å². The van der Waals surface area contributed by atoms with E-state index >= 15 is 0 Å². The molecule has 0 saturated heterocycles. The lowest BCUT2D eigenvalue weighted by Gasteiger charge is -2.32. The number of ketones is 1. The van der Waals surface area contributed by atoms with Gasteiger partial charge in [-0.05, 0) is 18.4 Å². The van der Waals surface area contributed by atoms with Crippen LogP contribution in [0.15, 0.2) is 23.9 Å². The summed E-state index contributed by atoms with van der Waals surface area (Å²) in [6, 6.07) is 0. The third kappa shape index (κ3) is 2.81. The predicted octanol–water partition coefficient (Wildman–Crippen LogP) is 2.34. The standard InChI is InChI=1S/C13H19NO2/c1-5-6-12(16)14-11-7-10(15)9(2)8-13(11,3)4/h7H,2,5-6,8H2,1,3-4H3,(H,14,16). The molecule has 0 aromatic carbocycles. The van der Waals surface area contributed by atoms with Crippen LogP contribution in [0.25, 0.3) is 0 Å². The highest BCUT2D eigenvalue weighted by molar-refractivity contribution is 6.05. The summed E-state index contributed by atoms with van der Waals surface area (Å²) >= 11 is 0. The van der Waals surface area contributed by atoms with Crippen LogP contribution in [0.3, 0.4) is 0 Å². The number of amides is 1. The van der Waals surface area contributed by atoms with Gasteiger partial charge in [0.15, 0.2) is 5.78 Å². The van der Waals surface area contributed by atoms with Gasteiger partial charge in [0, 0.05) is 23.6 Å². The highest BCUT2D eigenvalue weighted by Crippen LogP contribution is 2.35. The molecule has 3 heteroatoms. The van der Waals surface area contributed by atoms with Gasteiger partial charge >= 0.3 is 0 Å². The van der Waals surface area contributed by atoms with Crippen molar-refractivity contribution in [2.75, 3.05) is 0 Å². The Morgan fingerprint density at radius 2 is 2.19 bits per heavy atom. The minimum absolute atomic E-state index is 0.0258. The Morgan fingerprint density at radius 3 is 2.75 bits per heavy atom. The lowest BCUT2D eigenvalue weighted by Crippen LogP contribution is -2.35. The van der Waals surface area contributed by atoms with E-state index in [0.717, 1.165) is 6.42 Å². The molecule has 0 bridgehead atoms. The molecule has 1 amide bonds. The largest absolute Gasteiger partial charge is 0.329 e. The average Bonchev–Trinajstić information content (AvgIpc) is 2.14. The Bertz CT molecular complexity index is 364. The minimum Gasteiger partial charge on any atom is -0.329 e. The molecule has 0 radical (unpaired) electrons. The van der Waals surface area contributed by atoms with Crippen molar-refractivity contribution in [3.8, 4) is 0 Å². The molecule has 0 unspecified atom stereocenters. The first-order valence-electron chi connectivity index (χ1n) is 5.61. The molecular formula is C13H19NO2. The number of carbonyl (C=O) groups is 2. The van der Waals surface area contributed by atoms with Crippen molar-refractivity contribution in [3.05, 3.63) is 23.9 Å². The quantitative estimate of drug-likeness (QED) is 0.743. The zero-order valence-corrected chi connectivity index (χ0v) is 10.2. The molecule has 0 aromatic heterocycles. The van der Waals surface area contributed by atoms with E-state index in [1.54, 1.807) is 0 Å². The van der Waals surface area contributed by atoms with Gasteiger partial charge in [0.05, 0.1) is 0 Å². The summed E-state index contributed by atoms with van der Waals surface area (Å²) in [5, 5.41) is 2.82. The number of allylic oxidation sites excluding steroid dienone is 3. The van der Waals surface area contributed by atoms with E-state index in [2.05, 4.69) is 11.9 Å². The molecule has 1 rings (SSSR count). The molecule has 3 nitrogen and oxygen atoms in total. The Balaban J connectivity index is 2.85. The fourth-order valence-electron chi connectivity index (χ4n) is 1.79. The Labute approximate surface area is 96.6 Å². The fraction of sp³-hybridized carbons (Fsp3) is 0.538. The third-order valence-electron chi connectivity index (χ3n) is 2.76. The second-order valence-electron chi connectivity index (χ2n) is 4.88. The normalized spacial score (nSPS) is 19.3. The van der Waals surface area contributed by atoms with E-state index < -0.39 is 0 Å². The summed E-state index contributed by atoms with van der Waals surface area (Å²) in [6.07, 6.45) is 3.40. The van der Waals surface area contributed by atoms with Gasteiger partial charge in [0.2, 0.25) is 5.91 Å². The van der Waals surface area contributed by atoms with Gasteiger partial charge in [0.1, 0.15) is 0 Å². The summed E-state index contributed by atoms with van der Waals surface area (Å²) in [5.74, 6) is -0.103. The minimum atomic E-state index is -0.214. The smallest absolute Gasteiger partial charge is 0.224 e. The number of rotatable bonds is 3. The molecule has 1 N–H and O–H groups in total. The first kappa shape index (κ1) is 12.7. The molecule has 0 aromatic rings. The Hall–Kier alpha value is -1.38. The molecule has 16 heavy (non-hydrogen) atoms. The van der Waals surface area contributed by atoms with Crippen LogP contribution >= 0.6 is 0 Å². The SMILES string of the molecule is C=C1CC(C)(C)C(NC(=O)CCC)=CC1=O. The van der Waals surface area contributed by atoms with Crippen molar-refractivity contribution >= 4 is 11.7 Å². The van der Waals surface area contributed by atoms with Crippen LogP contribution in [0.1, 0.15) is 40.0 Å². The van der Waals surface area contributed by atoms with Gasteiger partial charge in [-0.15, -0.1) is 0 Å². The summed E-state index contributed by atoms with van der Waals surface area (Å²) in [4.78, 5) is 23.0. The van der Waals surface area contributed by atoms with Crippen molar-refractivity contribution < 1.29 is 9.59 Å². The van der Waals surface area contributed by atoms with Crippen LogP contribution in [0, 0.1) is 5.41 Å². The Kier molecular flexibility index (Phi) is 3.68. The molecule has 0 aliphatic heterocycles. The maximum atomic E-state index is 11.5. The zero-order valence-electron chi connectivity index (χ0n) is 10.2. The highest BCUT2D eigenvalue weighted by Gasteiger charge is 2.31. The number of hydrogen-bond acceptors (Lipinski definition) is 2. The molecule has 0 spiro atoms. The fourth-order valence-corrected chi connectivity index (χ4v) is 1.79. The number of hydrogen-bond donors (Lipinski definition) is 1. The molecule has 1 aliphatic rings. The molecule has 88 valence electrons. The van der Waals surface area contributed by atoms with E-state index in [-0.39, 0.29) is 17.1 Å². The molecule has 1 aliphatic carbocycles. The topological polar surface area (TPSA) is 46.2 Å². The van der Waals surface area contributed by atoms with E-state index in [1.165, 1.54) is 6.08 Å². The molecule has 0 atom stereocenters. The lowest BCUT2D eigenvalue weighted by atomic mass is 9.77. The van der Waals surface area contributed by atoms with Crippen LogP contribution in [-0.2, 0) is 9.59 Å². The zero-order chi connectivity index (χ0) is 12.3. The summed E-state index contributed by atoms with van der Waals surface area (Å²) in [7, 11) is 0. The van der Waals surface area contributed by atoms with Crippen molar-refractivity contribution in [2.24, 2.45) is 5.41 Å². The molecule has 0 heterocycles. The predicted molar refractivity (Wildman–Crippen MR) is 63.7 cm³/mol. The van der Waals surface area contributed by atoms with Crippen molar-refractivity contribution in [1.29, 1.82) is 0 Å². The van der Waals surface area contributed by atoms with Gasteiger partial charge in [0.25, 0.3) is 0 Å². The Morgan fingerprint density at radius 1 is 1.56 bits per heavy atom. The first-order valence-corrected chi connectivity index (χ1v) is 5.61. The summed E-state index contributed by atoms with van der Waals surface area (Å²) < 4.78 is 0. The number of nitrogens with one attached hydrogen (secondary N) is 1. The maximum Gasteiger partial charge on any atom is 0.224 e. The molecule has 0 saturated carbocycles. The maximum absolute atomic E-state index is 11.5. The van der Waals surface area contributed by atoms with E-state index in [4.69, 9.17) is 0 Å². The lowest BCUT2D eigenvalue weighted by molar-refractivity contribution is -0.120. The van der Waals surface area contributed by atoms with Gasteiger partial charge in [-0.1, -0.05) is 27.4 Å². The van der Waals surface area contributed by atoms with Crippen LogP contribution < -0.4 is 5.32 Å². The van der Waals surface area contributed by atoms with Gasteiger partial charge in [-0.3, -0.25) is 9.59 Å². The first-order chi connectivity index (χ1) is 7.36. The van der Waals surface area contributed by atoms with Crippen molar-refractivity contribution in [2.45, 2.75) is 40.0 Å². The molecular weight excluding hydrogens is 202 g/mol. The third-order valence-corrected chi connectivity index (χ3v) is 2.76. The van der Waals surface area contributed by atoms with Crippen molar-refractivity contribution in [3.63, 3.8) is 0 Å². The molecule has 0 fully saturated rings. The van der Waals surface area contributed by atoms with Crippen molar-refractivity contribution in [1.82, 2.24) is 5.32 Å². The van der Waals surface area contributed by atoms with Gasteiger partial charge in [-0.2, -0.15) is 0 Å². The van der Waals surface area contributed by atoms with Gasteiger partial charge < -0.3 is 5.32 Å². The number of carbonyl (C=O) groups excluding carboxylic acids is 2. The summed E-state index contributed by atoms with van der Waals surface area (Å²) in [6.45, 7) is 9.69. The van der Waals surface area contributed by atoms with Gasteiger partial charge in [-0.25, -0.2) is 0 Å². The highest BCUT2D eigenvalue weighted by atomic mass is 16.1. The van der Waals surface area contributed by atoms with Crippen LogP contribution in [0.4, 0.5) is 0 Å².